The summed E-state index contributed by atoms with van der Waals surface area (Å²) in [4.78, 5) is 0. The first-order valence-electron chi connectivity index (χ1n) is 7.63. The predicted molar refractivity (Wildman–Crippen MR) is 82.2 cm³/mol. The third kappa shape index (κ3) is 6.92. The summed E-state index contributed by atoms with van der Waals surface area (Å²) >= 11 is 0. The van der Waals surface area contributed by atoms with Crippen molar-refractivity contribution in [2.75, 3.05) is 20.3 Å². The molecule has 0 aliphatic heterocycles. The van der Waals surface area contributed by atoms with Crippen molar-refractivity contribution in [3.8, 4) is 5.75 Å². The molecule has 1 aromatic carbocycles. The Labute approximate surface area is 123 Å². The van der Waals surface area contributed by atoms with Gasteiger partial charge in [0.25, 0.3) is 0 Å². The first-order valence-corrected chi connectivity index (χ1v) is 7.63. The quantitative estimate of drug-likeness (QED) is 0.449. The summed E-state index contributed by atoms with van der Waals surface area (Å²) in [6, 6.07) is 8.28. The minimum Gasteiger partial charge on any atom is -0.491 e. The van der Waals surface area contributed by atoms with Crippen LogP contribution in [0.3, 0.4) is 0 Å². The van der Waals surface area contributed by atoms with Crippen molar-refractivity contribution in [3.63, 3.8) is 0 Å². The van der Waals surface area contributed by atoms with Gasteiger partial charge in [0.05, 0.1) is 6.61 Å². The molecule has 20 heavy (non-hydrogen) atoms. The molecule has 114 valence electrons. The summed E-state index contributed by atoms with van der Waals surface area (Å²) < 4.78 is 16.3. The lowest BCUT2D eigenvalue weighted by Gasteiger charge is -2.13. The van der Waals surface area contributed by atoms with Crippen LogP contribution in [0.25, 0.3) is 0 Å². The molecule has 0 heterocycles. The minimum atomic E-state index is -0.178. The van der Waals surface area contributed by atoms with Crippen LogP contribution in [0.1, 0.15) is 45.1 Å². The van der Waals surface area contributed by atoms with Crippen LogP contribution >= 0.6 is 0 Å². The van der Waals surface area contributed by atoms with E-state index >= 15 is 0 Å². The van der Waals surface area contributed by atoms with E-state index in [9.17, 15) is 0 Å². The van der Waals surface area contributed by atoms with E-state index in [1.54, 1.807) is 7.11 Å². The van der Waals surface area contributed by atoms with E-state index in [4.69, 9.17) is 14.2 Å². The Morgan fingerprint density at radius 1 is 1.05 bits per heavy atom. The van der Waals surface area contributed by atoms with Crippen LogP contribution in [-0.2, 0) is 15.9 Å². The van der Waals surface area contributed by atoms with Gasteiger partial charge in [-0.05, 0) is 31.4 Å². The van der Waals surface area contributed by atoms with Crippen molar-refractivity contribution in [2.45, 2.75) is 52.2 Å². The van der Waals surface area contributed by atoms with E-state index in [1.807, 2.05) is 19.1 Å². The average Bonchev–Trinajstić information content (AvgIpc) is 2.49. The summed E-state index contributed by atoms with van der Waals surface area (Å²) in [7, 11) is 1.64. The topological polar surface area (TPSA) is 27.7 Å². The van der Waals surface area contributed by atoms with Gasteiger partial charge in [0.1, 0.15) is 12.4 Å². The molecule has 0 saturated heterocycles. The molecule has 0 amide bonds. The Balaban J connectivity index is 2.33. The first kappa shape index (κ1) is 17.0. The molecule has 0 N–H and O–H groups in total. The molecule has 1 unspecified atom stereocenters. The highest BCUT2D eigenvalue weighted by molar-refractivity contribution is 5.33. The number of ether oxygens (including phenoxy) is 3. The van der Waals surface area contributed by atoms with Crippen molar-refractivity contribution in [2.24, 2.45) is 0 Å². The Kier molecular flexibility index (Phi) is 9.09. The van der Waals surface area contributed by atoms with Crippen LogP contribution in [0, 0.1) is 0 Å². The number of para-hydroxylation sites is 1. The van der Waals surface area contributed by atoms with Gasteiger partial charge in [-0.25, -0.2) is 0 Å². The number of unbranched alkanes of at least 4 members (excludes halogenated alkanes) is 3. The zero-order chi connectivity index (χ0) is 14.6. The molecule has 1 aromatic rings. The van der Waals surface area contributed by atoms with Crippen LogP contribution in [-0.4, -0.2) is 26.6 Å². The maximum Gasteiger partial charge on any atom is 0.154 e. The third-order valence-electron chi connectivity index (χ3n) is 3.30. The standard InChI is InChI=1S/C17H28O3/c1-4-5-6-7-10-16-11-8-9-12-17(16)20-14-13-19-15(2)18-3/h8-9,11-12,15H,4-7,10,13-14H2,1-3H3. The van der Waals surface area contributed by atoms with Gasteiger partial charge in [-0.3, -0.25) is 0 Å². The minimum absolute atomic E-state index is 0.178. The van der Waals surface area contributed by atoms with E-state index in [-0.39, 0.29) is 6.29 Å². The Morgan fingerprint density at radius 3 is 2.60 bits per heavy atom. The van der Waals surface area contributed by atoms with Crippen LogP contribution in [0.15, 0.2) is 24.3 Å². The van der Waals surface area contributed by atoms with Gasteiger partial charge >= 0.3 is 0 Å². The van der Waals surface area contributed by atoms with Crippen molar-refractivity contribution < 1.29 is 14.2 Å². The van der Waals surface area contributed by atoms with Crippen molar-refractivity contribution in [1.29, 1.82) is 0 Å². The lowest BCUT2D eigenvalue weighted by molar-refractivity contribution is -0.115. The highest BCUT2D eigenvalue weighted by atomic mass is 16.7. The van der Waals surface area contributed by atoms with Gasteiger partial charge in [-0.2, -0.15) is 0 Å². The van der Waals surface area contributed by atoms with Crippen LogP contribution < -0.4 is 4.74 Å². The van der Waals surface area contributed by atoms with Crippen molar-refractivity contribution >= 4 is 0 Å². The maximum atomic E-state index is 5.81. The molecule has 0 radical (unpaired) electrons. The highest BCUT2D eigenvalue weighted by Crippen LogP contribution is 2.20. The molecule has 1 atom stereocenters. The van der Waals surface area contributed by atoms with Gasteiger partial charge in [0.15, 0.2) is 6.29 Å². The van der Waals surface area contributed by atoms with E-state index in [2.05, 4.69) is 19.1 Å². The fraction of sp³-hybridized carbons (Fsp3) is 0.647. The van der Waals surface area contributed by atoms with Gasteiger partial charge < -0.3 is 14.2 Å². The zero-order valence-electron chi connectivity index (χ0n) is 13.1. The Hall–Kier alpha value is -1.06. The number of hydrogen-bond donors (Lipinski definition) is 0. The van der Waals surface area contributed by atoms with Crippen molar-refractivity contribution in [1.82, 2.24) is 0 Å². The van der Waals surface area contributed by atoms with Crippen LogP contribution in [0.2, 0.25) is 0 Å². The van der Waals surface area contributed by atoms with Gasteiger partial charge in [0, 0.05) is 7.11 Å². The number of benzene rings is 1. The first-order chi connectivity index (χ1) is 9.77. The Bertz CT molecular complexity index is 352. The lowest BCUT2D eigenvalue weighted by atomic mass is 10.1. The second kappa shape index (κ2) is 10.7. The zero-order valence-corrected chi connectivity index (χ0v) is 13.1. The molecule has 0 aromatic heterocycles. The summed E-state index contributed by atoms with van der Waals surface area (Å²) in [6.45, 7) is 5.21. The van der Waals surface area contributed by atoms with E-state index < -0.39 is 0 Å². The number of rotatable bonds is 11. The molecular formula is C17H28O3. The SMILES string of the molecule is CCCCCCc1ccccc1OCCOC(C)OC. The van der Waals surface area contributed by atoms with E-state index in [0.717, 1.165) is 12.2 Å². The highest BCUT2D eigenvalue weighted by Gasteiger charge is 2.04. The van der Waals surface area contributed by atoms with Crippen LogP contribution in [0.5, 0.6) is 5.75 Å². The molecule has 0 aliphatic rings. The lowest BCUT2D eigenvalue weighted by Crippen LogP contribution is -2.15. The fourth-order valence-corrected chi connectivity index (χ4v) is 2.03. The van der Waals surface area contributed by atoms with Gasteiger partial charge in [-0.15, -0.1) is 0 Å². The summed E-state index contributed by atoms with van der Waals surface area (Å²) in [5.41, 5.74) is 1.29. The smallest absolute Gasteiger partial charge is 0.154 e. The molecule has 3 heteroatoms. The molecule has 3 nitrogen and oxygen atoms in total. The summed E-state index contributed by atoms with van der Waals surface area (Å²) in [5, 5.41) is 0. The van der Waals surface area contributed by atoms with Crippen molar-refractivity contribution in [3.05, 3.63) is 29.8 Å². The maximum absolute atomic E-state index is 5.81. The second-order valence-electron chi connectivity index (χ2n) is 4.94. The summed E-state index contributed by atoms with van der Waals surface area (Å²) in [6.07, 6.45) is 6.01. The normalized spacial score (nSPS) is 12.3. The number of aryl methyl sites for hydroxylation is 1. The van der Waals surface area contributed by atoms with Crippen LogP contribution in [0.4, 0.5) is 0 Å². The largest absolute Gasteiger partial charge is 0.491 e. The molecule has 0 bridgehead atoms. The number of hydrogen-bond acceptors (Lipinski definition) is 3. The van der Waals surface area contributed by atoms with Gasteiger partial charge in [0.2, 0.25) is 0 Å². The van der Waals surface area contributed by atoms with E-state index in [1.165, 1.54) is 31.2 Å². The molecule has 0 fully saturated rings. The second-order valence-corrected chi connectivity index (χ2v) is 4.94. The molecular weight excluding hydrogens is 252 g/mol. The predicted octanol–water partition coefficient (Wildman–Crippen LogP) is 4.20. The number of methoxy groups -OCH3 is 1. The molecule has 1 rings (SSSR count). The third-order valence-corrected chi connectivity index (χ3v) is 3.30. The average molecular weight is 280 g/mol. The molecule has 0 spiro atoms. The Morgan fingerprint density at radius 2 is 1.85 bits per heavy atom. The van der Waals surface area contributed by atoms with Gasteiger partial charge in [-0.1, -0.05) is 44.4 Å². The van der Waals surface area contributed by atoms with E-state index in [0.29, 0.717) is 13.2 Å². The summed E-state index contributed by atoms with van der Waals surface area (Å²) in [5.74, 6) is 0.984. The fourth-order valence-electron chi connectivity index (χ4n) is 2.03. The molecule has 0 aliphatic carbocycles. The monoisotopic (exact) mass is 280 g/mol. The molecule has 0 saturated carbocycles.